The molecule has 0 bridgehead atoms. The van der Waals surface area contributed by atoms with Crippen LogP contribution in [0.25, 0.3) is 0 Å². The first-order chi connectivity index (χ1) is 8.42. The number of hydrogen-bond donors (Lipinski definition) is 1. The lowest BCUT2D eigenvalue weighted by Crippen LogP contribution is -2.57. The van der Waals surface area contributed by atoms with E-state index in [0.717, 1.165) is 5.92 Å². The zero-order valence-corrected chi connectivity index (χ0v) is 12.5. The summed E-state index contributed by atoms with van der Waals surface area (Å²) >= 11 is 0. The van der Waals surface area contributed by atoms with E-state index in [1.54, 1.807) is 0 Å². The average molecular weight is 256 g/mol. The van der Waals surface area contributed by atoms with Crippen molar-refractivity contribution >= 4 is 5.97 Å². The van der Waals surface area contributed by atoms with E-state index in [0.29, 0.717) is 12.6 Å². The maximum absolute atomic E-state index is 11.8. The first-order valence-electron chi connectivity index (χ1n) is 6.90. The van der Waals surface area contributed by atoms with E-state index in [1.165, 1.54) is 32.8 Å². The second-order valence-electron chi connectivity index (χ2n) is 5.91. The van der Waals surface area contributed by atoms with Crippen molar-refractivity contribution in [1.82, 2.24) is 10.2 Å². The van der Waals surface area contributed by atoms with Crippen LogP contribution in [0.2, 0.25) is 0 Å². The fourth-order valence-corrected chi connectivity index (χ4v) is 2.90. The molecular weight excluding hydrogens is 228 g/mol. The number of carbonyl (C=O) groups is 1. The van der Waals surface area contributed by atoms with Gasteiger partial charge in [0.05, 0.1) is 7.11 Å². The number of nitrogens with one attached hydrogen (secondary N) is 1. The van der Waals surface area contributed by atoms with Crippen LogP contribution < -0.4 is 5.32 Å². The molecule has 0 spiro atoms. The normalized spacial score (nSPS) is 27.9. The highest BCUT2D eigenvalue weighted by Crippen LogP contribution is 2.27. The number of methoxy groups -OCH3 is 1. The molecule has 0 amide bonds. The highest BCUT2D eigenvalue weighted by atomic mass is 16.5. The van der Waals surface area contributed by atoms with Gasteiger partial charge in [0.15, 0.2) is 0 Å². The maximum atomic E-state index is 11.8. The molecule has 1 rings (SSSR count). The molecule has 3 atom stereocenters. The molecule has 0 radical (unpaired) electrons. The van der Waals surface area contributed by atoms with E-state index in [-0.39, 0.29) is 5.97 Å². The fraction of sp³-hybridized carbons (Fsp3) is 0.929. The van der Waals surface area contributed by atoms with E-state index in [2.05, 4.69) is 24.2 Å². The van der Waals surface area contributed by atoms with Crippen molar-refractivity contribution < 1.29 is 9.53 Å². The van der Waals surface area contributed by atoms with Gasteiger partial charge in [0.1, 0.15) is 5.54 Å². The van der Waals surface area contributed by atoms with Gasteiger partial charge >= 0.3 is 5.97 Å². The SMILES string of the molecule is CNC(C)(CN(C)C1CCCC(C)C1)C(=O)OC. The Balaban J connectivity index is 2.61. The van der Waals surface area contributed by atoms with Crippen molar-refractivity contribution in [1.29, 1.82) is 0 Å². The van der Waals surface area contributed by atoms with Crippen molar-refractivity contribution in [3.63, 3.8) is 0 Å². The second kappa shape index (κ2) is 6.53. The van der Waals surface area contributed by atoms with Gasteiger partial charge in [-0.1, -0.05) is 19.8 Å². The number of rotatable bonds is 5. The Morgan fingerprint density at radius 2 is 2.17 bits per heavy atom. The van der Waals surface area contributed by atoms with Crippen molar-refractivity contribution in [2.75, 3.05) is 27.7 Å². The van der Waals surface area contributed by atoms with Crippen LogP contribution in [-0.2, 0) is 9.53 Å². The number of hydrogen-bond acceptors (Lipinski definition) is 4. The molecule has 1 saturated carbocycles. The van der Waals surface area contributed by atoms with Crippen LogP contribution in [0.3, 0.4) is 0 Å². The molecule has 0 aromatic rings. The number of nitrogens with zero attached hydrogens (tertiary/aromatic N) is 1. The molecule has 106 valence electrons. The van der Waals surface area contributed by atoms with Crippen molar-refractivity contribution in [3.8, 4) is 0 Å². The Labute approximate surface area is 111 Å². The summed E-state index contributed by atoms with van der Waals surface area (Å²) < 4.78 is 4.89. The van der Waals surface area contributed by atoms with E-state index in [4.69, 9.17) is 4.74 Å². The maximum Gasteiger partial charge on any atom is 0.327 e. The van der Waals surface area contributed by atoms with Gasteiger partial charge in [-0.15, -0.1) is 0 Å². The number of carbonyl (C=O) groups excluding carboxylic acids is 1. The first-order valence-corrected chi connectivity index (χ1v) is 6.90. The Morgan fingerprint density at radius 1 is 1.50 bits per heavy atom. The zero-order valence-electron chi connectivity index (χ0n) is 12.5. The summed E-state index contributed by atoms with van der Waals surface area (Å²) in [6, 6.07) is 0.589. The fourth-order valence-electron chi connectivity index (χ4n) is 2.90. The molecule has 0 saturated heterocycles. The highest BCUT2D eigenvalue weighted by molar-refractivity contribution is 5.80. The van der Waals surface area contributed by atoms with E-state index < -0.39 is 5.54 Å². The van der Waals surface area contributed by atoms with Gasteiger partial charge in [0, 0.05) is 12.6 Å². The van der Waals surface area contributed by atoms with Crippen LogP contribution in [0.15, 0.2) is 0 Å². The molecule has 1 aliphatic carbocycles. The number of esters is 1. The summed E-state index contributed by atoms with van der Waals surface area (Å²) in [5.41, 5.74) is -0.621. The zero-order chi connectivity index (χ0) is 13.8. The lowest BCUT2D eigenvalue weighted by Gasteiger charge is -2.38. The van der Waals surface area contributed by atoms with Crippen molar-refractivity contribution in [2.24, 2.45) is 5.92 Å². The third-order valence-electron chi connectivity index (χ3n) is 4.29. The van der Waals surface area contributed by atoms with Crippen LogP contribution >= 0.6 is 0 Å². The quantitative estimate of drug-likeness (QED) is 0.759. The molecule has 4 heteroatoms. The van der Waals surface area contributed by atoms with Crippen LogP contribution in [0.1, 0.15) is 39.5 Å². The first kappa shape index (κ1) is 15.4. The van der Waals surface area contributed by atoms with Gasteiger partial charge in [0.25, 0.3) is 0 Å². The van der Waals surface area contributed by atoms with Crippen LogP contribution in [0.4, 0.5) is 0 Å². The minimum atomic E-state index is -0.621. The summed E-state index contributed by atoms with van der Waals surface area (Å²) in [6.07, 6.45) is 5.11. The Kier molecular flexibility index (Phi) is 5.60. The molecular formula is C14H28N2O2. The Morgan fingerprint density at radius 3 is 2.67 bits per heavy atom. The monoisotopic (exact) mass is 256 g/mol. The van der Waals surface area contributed by atoms with Crippen molar-refractivity contribution in [3.05, 3.63) is 0 Å². The van der Waals surface area contributed by atoms with Crippen LogP contribution in [0.5, 0.6) is 0 Å². The highest BCUT2D eigenvalue weighted by Gasteiger charge is 2.36. The minimum Gasteiger partial charge on any atom is -0.468 e. The van der Waals surface area contributed by atoms with Crippen molar-refractivity contribution in [2.45, 2.75) is 51.1 Å². The molecule has 0 aliphatic heterocycles. The smallest absolute Gasteiger partial charge is 0.327 e. The van der Waals surface area contributed by atoms with Crippen LogP contribution in [0, 0.1) is 5.92 Å². The lowest BCUT2D eigenvalue weighted by atomic mass is 9.86. The predicted octanol–water partition coefficient (Wildman–Crippen LogP) is 1.65. The topological polar surface area (TPSA) is 41.6 Å². The van der Waals surface area contributed by atoms with E-state index in [9.17, 15) is 4.79 Å². The summed E-state index contributed by atoms with van der Waals surface area (Å²) in [6.45, 7) is 4.91. The van der Waals surface area contributed by atoms with Gasteiger partial charge < -0.3 is 15.0 Å². The standard InChI is InChI=1S/C14H28N2O2/c1-11-7-6-8-12(9-11)16(4)10-14(2,15-3)13(17)18-5/h11-12,15H,6-10H2,1-5H3. The summed E-state index contributed by atoms with van der Waals surface area (Å²) in [5, 5.41) is 3.09. The van der Waals surface area contributed by atoms with E-state index in [1.807, 2.05) is 14.0 Å². The summed E-state index contributed by atoms with van der Waals surface area (Å²) in [7, 11) is 5.37. The van der Waals surface area contributed by atoms with Gasteiger partial charge in [-0.25, -0.2) is 0 Å². The molecule has 18 heavy (non-hydrogen) atoms. The van der Waals surface area contributed by atoms with Gasteiger partial charge in [-0.3, -0.25) is 4.79 Å². The van der Waals surface area contributed by atoms with E-state index >= 15 is 0 Å². The number of ether oxygens (including phenoxy) is 1. The molecule has 0 heterocycles. The summed E-state index contributed by atoms with van der Waals surface area (Å²) in [4.78, 5) is 14.1. The molecule has 3 unspecified atom stereocenters. The largest absolute Gasteiger partial charge is 0.468 e. The molecule has 1 aliphatic rings. The molecule has 0 aromatic carbocycles. The number of likely N-dealkylation sites (N-methyl/N-ethyl adjacent to an activating group) is 2. The third-order valence-corrected chi connectivity index (χ3v) is 4.29. The summed E-state index contributed by atoms with van der Waals surface area (Å²) in [5.74, 6) is 0.603. The molecule has 4 nitrogen and oxygen atoms in total. The second-order valence-corrected chi connectivity index (χ2v) is 5.91. The predicted molar refractivity (Wildman–Crippen MR) is 73.5 cm³/mol. The Bertz CT molecular complexity index is 283. The van der Waals surface area contributed by atoms with Gasteiger partial charge in [-0.05, 0) is 39.8 Å². The van der Waals surface area contributed by atoms with Gasteiger partial charge in [0.2, 0.25) is 0 Å². The molecule has 1 fully saturated rings. The average Bonchev–Trinajstić information content (AvgIpc) is 2.37. The molecule has 1 N–H and O–H groups in total. The Hall–Kier alpha value is -0.610. The van der Waals surface area contributed by atoms with Gasteiger partial charge in [-0.2, -0.15) is 0 Å². The lowest BCUT2D eigenvalue weighted by molar-refractivity contribution is -0.148. The minimum absolute atomic E-state index is 0.194. The molecule has 0 aromatic heterocycles. The van der Waals surface area contributed by atoms with Crippen LogP contribution in [-0.4, -0.2) is 50.2 Å². The third kappa shape index (κ3) is 3.69.